The summed E-state index contributed by atoms with van der Waals surface area (Å²) in [6.45, 7) is 1.43. The van der Waals surface area contributed by atoms with Gasteiger partial charge in [0.25, 0.3) is 0 Å². The van der Waals surface area contributed by atoms with Crippen molar-refractivity contribution in [1.82, 2.24) is 0 Å². The number of rotatable bonds is 4. The lowest BCUT2D eigenvalue weighted by molar-refractivity contribution is -0.114. The Morgan fingerprint density at radius 3 is 2.41 bits per heavy atom. The van der Waals surface area contributed by atoms with Crippen LogP contribution in [-0.4, -0.2) is 11.7 Å². The second-order valence-electron chi connectivity index (χ2n) is 4.62. The van der Waals surface area contributed by atoms with Gasteiger partial charge >= 0.3 is 0 Å². The molecule has 3 nitrogen and oxygen atoms in total. The third-order valence-electron chi connectivity index (χ3n) is 2.85. The van der Waals surface area contributed by atoms with Crippen molar-refractivity contribution in [3.63, 3.8) is 0 Å². The number of ketones is 1. The lowest BCUT2D eigenvalue weighted by atomic mass is 10.1. The Labute approximate surface area is 132 Å². The molecule has 0 aliphatic carbocycles. The number of hydrogen-bond donors (Lipinski definition) is 1. The number of benzene rings is 2. The van der Waals surface area contributed by atoms with Gasteiger partial charge in [0.15, 0.2) is 5.78 Å². The van der Waals surface area contributed by atoms with Crippen molar-refractivity contribution < 1.29 is 14.0 Å². The van der Waals surface area contributed by atoms with E-state index < -0.39 is 5.82 Å². The SMILES string of the molecule is CC(=O)Nc1ccc(C=CC(=O)c2ccc(F)cc2Cl)cc1. The molecule has 0 aliphatic heterocycles. The minimum Gasteiger partial charge on any atom is -0.326 e. The van der Waals surface area contributed by atoms with Gasteiger partial charge in [0.2, 0.25) is 5.91 Å². The first-order chi connectivity index (χ1) is 10.5. The van der Waals surface area contributed by atoms with Crippen LogP contribution in [0.5, 0.6) is 0 Å². The largest absolute Gasteiger partial charge is 0.326 e. The fourth-order valence-electron chi connectivity index (χ4n) is 1.83. The maximum absolute atomic E-state index is 12.9. The molecule has 0 saturated heterocycles. The normalized spacial score (nSPS) is 10.7. The molecule has 5 heteroatoms. The van der Waals surface area contributed by atoms with Crippen molar-refractivity contribution in [2.24, 2.45) is 0 Å². The minimum absolute atomic E-state index is 0.0793. The summed E-state index contributed by atoms with van der Waals surface area (Å²) in [5.74, 6) is -0.945. The van der Waals surface area contributed by atoms with Crippen LogP contribution in [0.2, 0.25) is 5.02 Å². The summed E-state index contributed by atoms with van der Waals surface area (Å²) in [5.41, 5.74) is 1.72. The number of anilines is 1. The molecule has 2 aromatic carbocycles. The molecule has 2 rings (SSSR count). The summed E-state index contributed by atoms with van der Waals surface area (Å²) in [5, 5.41) is 2.73. The summed E-state index contributed by atoms with van der Waals surface area (Å²) in [4.78, 5) is 22.9. The van der Waals surface area contributed by atoms with Gasteiger partial charge in [-0.15, -0.1) is 0 Å². The van der Waals surface area contributed by atoms with E-state index in [1.165, 1.54) is 25.1 Å². The Kier molecular flexibility index (Phi) is 5.07. The molecule has 0 atom stereocenters. The van der Waals surface area contributed by atoms with E-state index in [1.54, 1.807) is 30.3 Å². The first kappa shape index (κ1) is 15.9. The van der Waals surface area contributed by atoms with Crippen LogP contribution in [0.3, 0.4) is 0 Å². The summed E-state index contributed by atoms with van der Waals surface area (Å²) in [6.07, 6.45) is 2.99. The number of nitrogens with one attached hydrogen (secondary N) is 1. The zero-order chi connectivity index (χ0) is 16.1. The van der Waals surface area contributed by atoms with Crippen LogP contribution in [0.25, 0.3) is 6.08 Å². The predicted molar refractivity (Wildman–Crippen MR) is 85.5 cm³/mol. The van der Waals surface area contributed by atoms with E-state index in [0.717, 1.165) is 11.6 Å². The van der Waals surface area contributed by atoms with Crippen molar-refractivity contribution >= 4 is 35.1 Å². The van der Waals surface area contributed by atoms with Crippen LogP contribution in [0.1, 0.15) is 22.8 Å². The van der Waals surface area contributed by atoms with Crippen molar-refractivity contribution in [1.29, 1.82) is 0 Å². The Bertz CT molecular complexity index is 739. The zero-order valence-corrected chi connectivity index (χ0v) is 12.5. The molecule has 0 heterocycles. The van der Waals surface area contributed by atoms with E-state index >= 15 is 0 Å². The van der Waals surface area contributed by atoms with Crippen LogP contribution < -0.4 is 5.32 Å². The molecule has 0 aromatic heterocycles. The third-order valence-corrected chi connectivity index (χ3v) is 3.17. The van der Waals surface area contributed by atoms with E-state index in [9.17, 15) is 14.0 Å². The summed E-state index contributed by atoms with van der Waals surface area (Å²) in [6, 6.07) is 10.6. The topological polar surface area (TPSA) is 46.2 Å². The highest BCUT2D eigenvalue weighted by Gasteiger charge is 2.08. The first-order valence-corrected chi connectivity index (χ1v) is 6.88. The molecular weight excluding hydrogens is 305 g/mol. The number of hydrogen-bond acceptors (Lipinski definition) is 2. The van der Waals surface area contributed by atoms with Gasteiger partial charge in [0, 0.05) is 18.2 Å². The zero-order valence-electron chi connectivity index (χ0n) is 11.8. The monoisotopic (exact) mass is 317 g/mol. The molecule has 0 bridgehead atoms. The van der Waals surface area contributed by atoms with Gasteiger partial charge in [-0.3, -0.25) is 9.59 Å². The average molecular weight is 318 g/mol. The van der Waals surface area contributed by atoms with Gasteiger partial charge in [-0.2, -0.15) is 0 Å². The first-order valence-electron chi connectivity index (χ1n) is 6.51. The van der Waals surface area contributed by atoms with E-state index in [0.29, 0.717) is 5.69 Å². The molecule has 1 amide bonds. The molecule has 0 fully saturated rings. The molecule has 0 radical (unpaired) electrons. The summed E-state index contributed by atoms with van der Waals surface area (Å²) >= 11 is 5.84. The lowest BCUT2D eigenvalue weighted by Crippen LogP contribution is -2.05. The highest BCUT2D eigenvalue weighted by Crippen LogP contribution is 2.19. The summed E-state index contributed by atoms with van der Waals surface area (Å²) < 4.78 is 12.9. The van der Waals surface area contributed by atoms with Crippen LogP contribution in [0, 0.1) is 5.82 Å². The van der Waals surface area contributed by atoms with Crippen LogP contribution in [0.15, 0.2) is 48.5 Å². The van der Waals surface area contributed by atoms with Crippen molar-refractivity contribution in [3.8, 4) is 0 Å². The molecular formula is C17H13ClFNO2. The Balaban J connectivity index is 2.10. The van der Waals surface area contributed by atoms with E-state index in [2.05, 4.69) is 5.32 Å². The van der Waals surface area contributed by atoms with Gasteiger partial charge < -0.3 is 5.32 Å². The maximum Gasteiger partial charge on any atom is 0.221 e. The fraction of sp³-hybridized carbons (Fsp3) is 0.0588. The quantitative estimate of drug-likeness (QED) is 0.673. The van der Waals surface area contributed by atoms with Crippen LogP contribution in [-0.2, 0) is 4.79 Å². The highest BCUT2D eigenvalue weighted by atomic mass is 35.5. The Hall–Kier alpha value is -2.46. The van der Waals surface area contributed by atoms with Crippen molar-refractivity contribution in [2.75, 3.05) is 5.32 Å². The van der Waals surface area contributed by atoms with E-state index in [1.807, 2.05) is 0 Å². The van der Waals surface area contributed by atoms with Gasteiger partial charge in [-0.25, -0.2) is 4.39 Å². The molecule has 0 saturated carbocycles. The molecule has 1 N–H and O–H groups in total. The third kappa shape index (κ3) is 4.27. The molecule has 112 valence electrons. The Morgan fingerprint density at radius 1 is 1.14 bits per heavy atom. The van der Waals surface area contributed by atoms with Crippen LogP contribution in [0.4, 0.5) is 10.1 Å². The Morgan fingerprint density at radius 2 is 1.82 bits per heavy atom. The predicted octanol–water partition coefficient (Wildman–Crippen LogP) is 4.33. The molecule has 22 heavy (non-hydrogen) atoms. The van der Waals surface area contributed by atoms with Gasteiger partial charge in [0.05, 0.1) is 5.02 Å². The van der Waals surface area contributed by atoms with Crippen molar-refractivity contribution in [2.45, 2.75) is 6.92 Å². The molecule has 0 aliphatic rings. The average Bonchev–Trinajstić information content (AvgIpc) is 2.45. The number of allylic oxidation sites excluding steroid dienone is 1. The molecule has 0 unspecified atom stereocenters. The lowest BCUT2D eigenvalue weighted by Gasteiger charge is -2.02. The minimum atomic E-state index is -0.487. The molecule has 2 aromatic rings. The number of carbonyl (C=O) groups is 2. The maximum atomic E-state index is 12.9. The van der Waals surface area contributed by atoms with Gasteiger partial charge in [0.1, 0.15) is 5.82 Å². The fourth-order valence-corrected chi connectivity index (χ4v) is 2.09. The number of amides is 1. The van der Waals surface area contributed by atoms with E-state index in [-0.39, 0.29) is 22.3 Å². The summed E-state index contributed by atoms with van der Waals surface area (Å²) in [7, 11) is 0. The number of halogens is 2. The van der Waals surface area contributed by atoms with Gasteiger partial charge in [-0.1, -0.05) is 29.8 Å². The molecule has 0 spiro atoms. The van der Waals surface area contributed by atoms with Crippen molar-refractivity contribution in [3.05, 3.63) is 70.5 Å². The van der Waals surface area contributed by atoms with Gasteiger partial charge in [-0.05, 0) is 42.0 Å². The standard InChI is InChI=1S/C17H13ClFNO2/c1-11(21)20-14-6-2-12(3-7-14)4-9-17(22)15-8-5-13(19)10-16(15)18/h2-10H,1H3,(H,20,21). The highest BCUT2D eigenvalue weighted by molar-refractivity contribution is 6.34. The smallest absolute Gasteiger partial charge is 0.221 e. The number of carbonyl (C=O) groups excluding carboxylic acids is 2. The second-order valence-corrected chi connectivity index (χ2v) is 5.03. The van der Waals surface area contributed by atoms with Crippen LogP contribution >= 0.6 is 11.6 Å². The van der Waals surface area contributed by atoms with E-state index in [4.69, 9.17) is 11.6 Å². The second kappa shape index (κ2) is 7.00.